The molecule has 5 atom stereocenters. The molecular formula is C21H22N2O3. The fourth-order valence-corrected chi connectivity index (χ4v) is 4.61. The van der Waals surface area contributed by atoms with Crippen molar-refractivity contribution >= 4 is 11.9 Å². The third-order valence-electron chi connectivity index (χ3n) is 5.82. The summed E-state index contributed by atoms with van der Waals surface area (Å²) >= 11 is 0. The van der Waals surface area contributed by atoms with Crippen molar-refractivity contribution in [3.63, 3.8) is 0 Å². The summed E-state index contributed by atoms with van der Waals surface area (Å²) in [6, 6.07) is 16.2. The van der Waals surface area contributed by atoms with E-state index >= 15 is 0 Å². The van der Waals surface area contributed by atoms with Crippen molar-refractivity contribution in [2.75, 3.05) is 0 Å². The van der Waals surface area contributed by atoms with Crippen LogP contribution in [0.4, 0.5) is 0 Å². The highest BCUT2D eigenvalue weighted by atomic mass is 16.4. The van der Waals surface area contributed by atoms with E-state index in [9.17, 15) is 14.7 Å². The van der Waals surface area contributed by atoms with Gasteiger partial charge in [-0.2, -0.15) is 0 Å². The zero-order valence-electron chi connectivity index (χ0n) is 14.3. The summed E-state index contributed by atoms with van der Waals surface area (Å²) in [5.41, 5.74) is 9.69. The van der Waals surface area contributed by atoms with Crippen LogP contribution in [0.15, 0.2) is 54.6 Å². The quantitative estimate of drug-likeness (QED) is 0.769. The molecule has 1 saturated carbocycles. The molecule has 2 aliphatic carbocycles. The summed E-state index contributed by atoms with van der Waals surface area (Å²) < 4.78 is 0. The van der Waals surface area contributed by atoms with E-state index in [1.165, 1.54) is 11.1 Å². The van der Waals surface area contributed by atoms with Gasteiger partial charge in [0.25, 0.3) is 0 Å². The number of amides is 1. The molecular weight excluding hydrogens is 328 g/mol. The molecule has 1 amide bonds. The lowest BCUT2D eigenvalue weighted by molar-refractivity contribution is -0.142. The van der Waals surface area contributed by atoms with Gasteiger partial charge in [-0.25, -0.2) is 4.79 Å². The number of carbonyl (C=O) groups excluding carboxylic acids is 1. The Bertz CT molecular complexity index is 836. The average Bonchev–Trinajstić information content (AvgIpc) is 3.18. The Morgan fingerprint density at radius 3 is 2.31 bits per heavy atom. The summed E-state index contributed by atoms with van der Waals surface area (Å²) in [7, 11) is 0. The first-order valence-corrected chi connectivity index (χ1v) is 8.97. The van der Waals surface area contributed by atoms with Gasteiger partial charge < -0.3 is 16.2 Å². The van der Waals surface area contributed by atoms with Gasteiger partial charge >= 0.3 is 5.97 Å². The van der Waals surface area contributed by atoms with Crippen molar-refractivity contribution in [1.29, 1.82) is 0 Å². The SMILES string of the molecule is N[C@H]1[C@@H](C(=O)N[C@@H](Cc2ccccc2)C(=O)O)[C@@H]2C[C@H]1c1ccccc12. The van der Waals surface area contributed by atoms with Crippen LogP contribution in [0.1, 0.15) is 34.9 Å². The molecule has 4 N–H and O–H groups in total. The lowest BCUT2D eigenvalue weighted by atomic mass is 9.80. The van der Waals surface area contributed by atoms with Gasteiger partial charge in [-0.05, 0) is 29.0 Å². The van der Waals surface area contributed by atoms with Crippen LogP contribution in [0.5, 0.6) is 0 Å². The molecule has 5 heteroatoms. The predicted octanol–water partition coefficient (Wildman–Crippen LogP) is 2.03. The fourth-order valence-electron chi connectivity index (χ4n) is 4.61. The van der Waals surface area contributed by atoms with Gasteiger partial charge in [-0.15, -0.1) is 0 Å². The highest BCUT2D eigenvalue weighted by Gasteiger charge is 2.52. The average molecular weight is 350 g/mol. The van der Waals surface area contributed by atoms with Crippen LogP contribution in [-0.2, 0) is 16.0 Å². The van der Waals surface area contributed by atoms with Gasteiger partial charge in [-0.3, -0.25) is 4.79 Å². The van der Waals surface area contributed by atoms with Crippen LogP contribution >= 0.6 is 0 Å². The largest absolute Gasteiger partial charge is 0.480 e. The summed E-state index contributed by atoms with van der Waals surface area (Å²) in [6.07, 6.45) is 1.13. The molecule has 1 fully saturated rings. The predicted molar refractivity (Wildman–Crippen MR) is 97.7 cm³/mol. The summed E-state index contributed by atoms with van der Waals surface area (Å²) in [4.78, 5) is 24.6. The second-order valence-corrected chi connectivity index (χ2v) is 7.27. The van der Waals surface area contributed by atoms with Crippen molar-refractivity contribution in [3.8, 4) is 0 Å². The lowest BCUT2D eigenvalue weighted by Crippen LogP contribution is -2.50. The standard InChI is InChI=1S/C21H22N2O3/c22-19-16-11-15(13-8-4-5-9-14(13)16)18(19)20(24)23-17(21(25)26)10-12-6-2-1-3-7-12/h1-9,15-19H,10-11,22H2,(H,23,24)(H,25,26)/t15-,16+,17+,18+,19-/m1/s1. The van der Waals surface area contributed by atoms with Gasteiger partial charge in [0, 0.05) is 18.4 Å². The van der Waals surface area contributed by atoms with Crippen molar-refractivity contribution in [2.45, 2.75) is 36.8 Å². The topological polar surface area (TPSA) is 92.4 Å². The molecule has 2 aromatic carbocycles. The molecule has 2 bridgehead atoms. The first kappa shape index (κ1) is 16.8. The minimum absolute atomic E-state index is 0.0809. The fraction of sp³-hybridized carbons (Fsp3) is 0.333. The van der Waals surface area contributed by atoms with Crippen LogP contribution in [0, 0.1) is 5.92 Å². The Hall–Kier alpha value is -2.66. The Morgan fingerprint density at radius 1 is 1.04 bits per heavy atom. The maximum Gasteiger partial charge on any atom is 0.326 e. The lowest BCUT2D eigenvalue weighted by Gasteiger charge is -2.30. The van der Waals surface area contributed by atoms with E-state index in [0.29, 0.717) is 0 Å². The van der Waals surface area contributed by atoms with Crippen LogP contribution < -0.4 is 11.1 Å². The number of carbonyl (C=O) groups is 2. The number of carboxylic acids is 1. The first-order chi connectivity index (χ1) is 12.6. The number of aliphatic carboxylic acids is 1. The molecule has 5 nitrogen and oxygen atoms in total. The van der Waals surface area contributed by atoms with E-state index < -0.39 is 12.0 Å². The van der Waals surface area contributed by atoms with Gasteiger partial charge in [0.05, 0.1) is 5.92 Å². The first-order valence-electron chi connectivity index (χ1n) is 8.97. The number of carboxylic acid groups (broad SMARTS) is 1. The maximum absolute atomic E-state index is 12.9. The van der Waals surface area contributed by atoms with Crippen molar-refractivity contribution in [1.82, 2.24) is 5.32 Å². The molecule has 0 saturated heterocycles. The number of benzene rings is 2. The van der Waals surface area contributed by atoms with Gasteiger partial charge in [0.2, 0.25) is 5.91 Å². The Morgan fingerprint density at radius 2 is 1.65 bits per heavy atom. The zero-order valence-corrected chi connectivity index (χ0v) is 14.3. The molecule has 0 heterocycles. The monoisotopic (exact) mass is 350 g/mol. The molecule has 0 spiro atoms. The van der Waals surface area contributed by atoms with Gasteiger partial charge in [0.1, 0.15) is 6.04 Å². The second kappa shape index (κ2) is 6.57. The highest BCUT2D eigenvalue weighted by molar-refractivity contribution is 5.87. The number of fused-ring (bicyclic) bond motifs is 5. The number of nitrogens with one attached hydrogen (secondary N) is 1. The van der Waals surface area contributed by atoms with E-state index in [2.05, 4.69) is 17.4 Å². The number of rotatable bonds is 5. The normalized spacial score (nSPS) is 27.0. The summed E-state index contributed by atoms with van der Waals surface area (Å²) in [5, 5.41) is 12.3. The van der Waals surface area contributed by atoms with Crippen molar-refractivity contribution in [2.24, 2.45) is 11.7 Å². The number of nitrogens with two attached hydrogens (primary N) is 1. The minimum atomic E-state index is -1.03. The van der Waals surface area contributed by atoms with Crippen LogP contribution in [-0.4, -0.2) is 29.1 Å². The van der Waals surface area contributed by atoms with E-state index in [-0.39, 0.29) is 36.1 Å². The van der Waals surface area contributed by atoms with Crippen LogP contribution in [0.2, 0.25) is 0 Å². The Labute approximate surface area is 152 Å². The molecule has 134 valence electrons. The van der Waals surface area contributed by atoms with E-state index in [1.807, 2.05) is 42.5 Å². The minimum Gasteiger partial charge on any atom is -0.480 e. The molecule has 0 unspecified atom stereocenters. The molecule has 2 aliphatic rings. The molecule has 26 heavy (non-hydrogen) atoms. The van der Waals surface area contributed by atoms with Crippen LogP contribution in [0.25, 0.3) is 0 Å². The van der Waals surface area contributed by atoms with E-state index in [0.717, 1.165) is 12.0 Å². The van der Waals surface area contributed by atoms with E-state index in [1.54, 1.807) is 0 Å². The molecule has 4 rings (SSSR count). The second-order valence-electron chi connectivity index (χ2n) is 7.27. The Balaban J connectivity index is 1.52. The smallest absolute Gasteiger partial charge is 0.326 e. The summed E-state index contributed by atoms with van der Waals surface area (Å²) in [6.45, 7) is 0. The van der Waals surface area contributed by atoms with Gasteiger partial charge in [-0.1, -0.05) is 54.6 Å². The molecule has 0 radical (unpaired) electrons. The Kier molecular flexibility index (Phi) is 4.24. The summed E-state index contributed by atoms with van der Waals surface area (Å²) in [5.74, 6) is -1.38. The van der Waals surface area contributed by atoms with Crippen molar-refractivity contribution in [3.05, 3.63) is 71.3 Å². The molecule has 0 aromatic heterocycles. The number of hydrogen-bond donors (Lipinski definition) is 3. The maximum atomic E-state index is 12.9. The third kappa shape index (κ3) is 2.78. The zero-order chi connectivity index (χ0) is 18.3. The highest BCUT2D eigenvalue weighted by Crippen LogP contribution is 2.55. The molecule has 0 aliphatic heterocycles. The van der Waals surface area contributed by atoms with Crippen LogP contribution in [0.3, 0.4) is 0 Å². The van der Waals surface area contributed by atoms with Gasteiger partial charge in [0.15, 0.2) is 0 Å². The van der Waals surface area contributed by atoms with Crippen molar-refractivity contribution < 1.29 is 14.7 Å². The number of hydrogen-bond acceptors (Lipinski definition) is 3. The molecule has 2 aromatic rings. The van der Waals surface area contributed by atoms with E-state index in [4.69, 9.17) is 5.73 Å². The third-order valence-corrected chi connectivity index (χ3v) is 5.82.